The van der Waals surface area contributed by atoms with E-state index in [2.05, 4.69) is 25.7 Å². The van der Waals surface area contributed by atoms with Crippen molar-refractivity contribution in [2.24, 2.45) is 17.6 Å². The maximum Gasteiger partial charge on any atom is 0.0337 e. The number of hydrogen-bond donors (Lipinski definition) is 1. The first-order chi connectivity index (χ1) is 8.61. The molecule has 2 heteroatoms. The maximum absolute atomic E-state index is 6.26. The van der Waals surface area contributed by atoms with E-state index in [4.69, 9.17) is 5.73 Å². The molecule has 0 aliphatic heterocycles. The Kier molecular flexibility index (Phi) is 4.71. The first-order valence-electron chi connectivity index (χ1n) is 8.08. The zero-order valence-corrected chi connectivity index (χ0v) is 12.6. The van der Waals surface area contributed by atoms with Crippen LogP contribution < -0.4 is 5.73 Å². The first kappa shape index (κ1) is 14.3. The van der Waals surface area contributed by atoms with Gasteiger partial charge in [-0.05, 0) is 37.5 Å². The van der Waals surface area contributed by atoms with Crippen LogP contribution in [0.15, 0.2) is 0 Å². The van der Waals surface area contributed by atoms with Crippen LogP contribution in [0.25, 0.3) is 0 Å². The molecule has 2 rings (SSSR count). The fourth-order valence-electron chi connectivity index (χ4n) is 3.88. The van der Waals surface area contributed by atoms with E-state index in [1.54, 1.807) is 0 Å². The molecular weight excluding hydrogens is 220 g/mol. The standard InChI is InChI=1S/C16H32N2/c1-4-14-6-5-9-16(10-14,12-17)18(11-13(2)3)15-7-8-15/h13-15H,4-12,17H2,1-3H3. The molecule has 2 nitrogen and oxygen atoms in total. The Morgan fingerprint density at radius 1 is 1.28 bits per heavy atom. The molecule has 2 atom stereocenters. The van der Waals surface area contributed by atoms with Gasteiger partial charge in [0.25, 0.3) is 0 Å². The summed E-state index contributed by atoms with van der Waals surface area (Å²) in [5.74, 6) is 1.67. The van der Waals surface area contributed by atoms with Crippen molar-refractivity contribution in [2.75, 3.05) is 13.1 Å². The molecule has 0 aromatic rings. The molecule has 0 heterocycles. The van der Waals surface area contributed by atoms with Crippen LogP contribution in [0.4, 0.5) is 0 Å². The molecule has 0 amide bonds. The van der Waals surface area contributed by atoms with Gasteiger partial charge in [-0.2, -0.15) is 0 Å². The molecule has 0 radical (unpaired) electrons. The van der Waals surface area contributed by atoms with Crippen molar-refractivity contribution in [3.63, 3.8) is 0 Å². The second-order valence-electron chi connectivity index (χ2n) is 7.08. The Morgan fingerprint density at radius 2 is 2.00 bits per heavy atom. The summed E-state index contributed by atoms with van der Waals surface area (Å²) in [6, 6.07) is 0.853. The number of hydrogen-bond acceptors (Lipinski definition) is 2. The third-order valence-corrected chi connectivity index (χ3v) is 5.04. The van der Waals surface area contributed by atoms with E-state index in [1.165, 1.54) is 51.5 Å². The van der Waals surface area contributed by atoms with Crippen molar-refractivity contribution < 1.29 is 0 Å². The topological polar surface area (TPSA) is 29.3 Å². The lowest BCUT2D eigenvalue weighted by Gasteiger charge is -2.49. The molecule has 2 N–H and O–H groups in total. The third kappa shape index (κ3) is 3.08. The molecule has 18 heavy (non-hydrogen) atoms. The van der Waals surface area contributed by atoms with Crippen molar-refractivity contribution in [1.29, 1.82) is 0 Å². The average molecular weight is 252 g/mol. The van der Waals surface area contributed by atoms with Gasteiger partial charge in [-0.25, -0.2) is 0 Å². The minimum atomic E-state index is 0.338. The van der Waals surface area contributed by atoms with E-state index >= 15 is 0 Å². The van der Waals surface area contributed by atoms with Gasteiger partial charge >= 0.3 is 0 Å². The number of nitrogens with zero attached hydrogens (tertiary/aromatic N) is 1. The molecule has 2 unspecified atom stereocenters. The molecular formula is C16H32N2. The summed E-state index contributed by atoms with van der Waals surface area (Å²) in [7, 11) is 0. The van der Waals surface area contributed by atoms with Crippen LogP contribution in [-0.4, -0.2) is 29.6 Å². The SMILES string of the molecule is CCC1CCCC(CN)(N(CC(C)C)C2CC2)C1. The van der Waals surface area contributed by atoms with Gasteiger partial charge in [0.05, 0.1) is 0 Å². The fraction of sp³-hybridized carbons (Fsp3) is 1.00. The van der Waals surface area contributed by atoms with Crippen LogP contribution in [-0.2, 0) is 0 Å². The molecule has 106 valence electrons. The van der Waals surface area contributed by atoms with Crippen molar-refractivity contribution in [2.45, 2.75) is 77.3 Å². The molecule has 2 aliphatic rings. The fourth-order valence-corrected chi connectivity index (χ4v) is 3.88. The lowest BCUT2D eigenvalue weighted by Crippen LogP contribution is -2.58. The van der Waals surface area contributed by atoms with E-state index in [0.29, 0.717) is 5.54 Å². The lowest BCUT2D eigenvalue weighted by molar-refractivity contribution is 0.0191. The highest BCUT2D eigenvalue weighted by Gasteiger charge is 2.45. The van der Waals surface area contributed by atoms with Crippen molar-refractivity contribution in [1.82, 2.24) is 4.90 Å². The van der Waals surface area contributed by atoms with Gasteiger partial charge in [0.1, 0.15) is 0 Å². The van der Waals surface area contributed by atoms with Gasteiger partial charge in [-0.15, -0.1) is 0 Å². The highest BCUT2D eigenvalue weighted by atomic mass is 15.3. The quantitative estimate of drug-likeness (QED) is 0.785. The van der Waals surface area contributed by atoms with E-state index in [-0.39, 0.29) is 0 Å². The zero-order chi connectivity index (χ0) is 13.2. The van der Waals surface area contributed by atoms with E-state index in [1.807, 2.05) is 0 Å². The number of rotatable bonds is 6. The summed E-state index contributed by atoms with van der Waals surface area (Å²) < 4.78 is 0. The van der Waals surface area contributed by atoms with Crippen LogP contribution in [0.5, 0.6) is 0 Å². The minimum absolute atomic E-state index is 0.338. The Morgan fingerprint density at radius 3 is 2.50 bits per heavy atom. The van der Waals surface area contributed by atoms with Crippen LogP contribution in [0, 0.1) is 11.8 Å². The summed E-state index contributed by atoms with van der Waals surface area (Å²) in [5.41, 5.74) is 6.59. The van der Waals surface area contributed by atoms with Crippen LogP contribution in [0.1, 0.15) is 65.7 Å². The van der Waals surface area contributed by atoms with Gasteiger partial charge < -0.3 is 5.73 Å². The molecule has 0 aromatic carbocycles. The highest BCUT2D eigenvalue weighted by Crippen LogP contribution is 2.43. The lowest BCUT2D eigenvalue weighted by atomic mass is 9.73. The maximum atomic E-state index is 6.26. The monoisotopic (exact) mass is 252 g/mol. The van der Waals surface area contributed by atoms with Crippen LogP contribution >= 0.6 is 0 Å². The predicted octanol–water partition coefficient (Wildman–Crippen LogP) is 3.40. The van der Waals surface area contributed by atoms with E-state index < -0.39 is 0 Å². The summed E-state index contributed by atoms with van der Waals surface area (Å²) in [4.78, 5) is 2.82. The summed E-state index contributed by atoms with van der Waals surface area (Å²) in [5, 5.41) is 0. The molecule has 2 aliphatic carbocycles. The number of nitrogens with two attached hydrogens (primary N) is 1. The van der Waals surface area contributed by atoms with Gasteiger partial charge in [0.2, 0.25) is 0 Å². The normalized spacial score (nSPS) is 33.3. The predicted molar refractivity (Wildman–Crippen MR) is 78.6 cm³/mol. The smallest absolute Gasteiger partial charge is 0.0337 e. The van der Waals surface area contributed by atoms with Crippen molar-refractivity contribution in [3.05, 3.63) is 0 Å². The molecule has 2 saturated carbocycles. The molecule has 0 aromatic heterocycles. The largest absolute Gasteiger partial charge is 0.329 e. The van der Waals surface area contributed by atoms with Crippen LogP contribution in [0.3, 0.4) is 0 Å². The Bertz CT molecular complexity index is 260. The average Bonchev–Trinajstić information content (AvgIpc) is 3.20. The van der Waals surface area contributed by atoms with Gasteiger partial charge in [-0.3, -0.25) is 4.90 Å². The molecule has 2 fully saturated rings. The highest BCUT2D eigenvalue weighted by molar-refractivity contribution is 5.02. The Balaban J connectivity index is 2.11. The Hall–Kier alpha value is -0.0800. The van der Waals surface area contributed by atoms with Gasteiger partial charge in [-0.1, -0.05) is 40.0 Å². The van der Waals surface area contributed by atoms with Gasteiger partial charge in [0, 0.05) is 24.7 Å². The van der Waals surface area contributed by atoms with Gasteiger partial charge in [0.15, 0.2) is 0 Å². The second-order valence-corrected chi connectivity index (χ2v) is 7.08. The first-order valence-corrected chi connectivity index (χ1v) is 8.08. The van der Waals surface area contributed by atoms with E-state index in [9.17, 15) is 0 Å². The summed E-state index contributed by atoms with van der Waals surface area (Å²) in [6.45, 7) is 9.16. The molecule has 0 spiro atoms. The zero-order valence-electron chi connectivity index (χ0n) is 12.6. The minimum Gasteiger partial charge on any atom is -0.329 e. The van der Waals surface area contributed by atoms with Crippen molar-refractivity contribution in [3.8, 4) is 0 Å². The summed E-state index contributed by atoms with van der Waals surface area (Å²) >= 11 is 0. The van der Waals surface area contributed by atoms with E-state index in [0.717, 1.165) is 24.4 Å². The molecule has 0 saturated heterocycles. The molecule has 0 bridgehead atoms. The third-order valence-electron chi connectivity index (χ3n) is 5.04. The van der Waals surface area contributed by atoms with Crippen LogP contribution in [0.2, 0.25) is 0 Å². The summed E-state index contributed by atoms with van der Waals surface area (Å²) in [6.07, 6.45) is 9.65. The second kappa shape index (κ2) is 5.92. The van der Waals surface area contributed by atoms with Crippen molar-refractivity contribution >= 4 is 0 Å². The Labute approximate surface area is 113 Å².